The van der Waals surface area contributed by atoms with Crippen molar-refractivity contribution in [3.63, 3.8) is 0 Å². The normalized spacial score (nSPS) is 16.4. The molecule has 146 valence electrons. The number of anilines is 1. The van der Waals surface area contributed by atoms with E-state index >= 15 is 0 Å². The molecule has 0 radical (unpaired) electrons. The van der Waals surface area contributed by atoms with Gasteiger partial charge in [0.05, 0.1) is 12.2 Å². The molecule has 0 amide bonds. The quantitative estimate of drug-likeness (QED) is 0.621. The molecule has 1 aromatic carbocycles. The number of piperidine rings is 1. The van der Waals surface area contributed by atoms with Gasteiger partial charge in [-0.25, -0.2) is 4.98 Å². The van der Waals surface area contributed by atoms with Crippen molar-refractivity contribution >= 4 is 23.0 Å². The van der Waals surface area contributed by atoms with E-state index in [4.69, 9.17) is 4.98 Å². The first-order valence-corrected chi connectivity index (χ1v) is 10.6. The Morgan fingerprint density at radius 1 is 1.22 bits per heavy atom. The Kier molecular flexibility index (Phi) is 6.37. The average molecular weight is 386 g/mol. The summed E-state index contributed by atoms with van der Waals surface area (Å²) in [6, 6.07) is 11.1. The molecule has 0 bridgehead atoms. The molecular weight excluding hydrogens is 354 g/mol. The summed E-state index contributed by atoms with van der Waals surface area (Å²) in [6.45, 7) is 9.44. The van der Waals surface area contributed by atoms with Crippen molar-refractivity contribution < 1.29 is 0 Å². The Hall–Kier alpha value is -2.08. The fourth-order valence-corrected chi connectivity index (χ4v) is 4.17. The summed E-state index contributed by atoms with van der Waals surface area (Å²) in [5.41, 5.74) is 2.57. The fourth-order valence-electron chi connectivity index (χ4n) is 3.20. The SMILES string of the molecule is CN=C(NCc1nc(C(C)(C)C)cs1)NC1CCN(c2ccccc2)CC1. The highest BCUT2D eigenvalue weighted by molar-refractivity contribution is 7.09. The second-order valence-electron chi connectivity index (χ2n) is 8.04. The van der Waals surface area contributed by atoms with Crippen molar-refractivity contribution in [1.82, 2.24) is 15.6 Å². The lowest BCUT2D eigenvalue weighted by atomic mass is 9.93. The van der Waals surface area contributed by atoms with E-state index in [9.17, 15) is 0 Å². The highest BCUT2D eigenvalue weighted by Crippen LogP contribution is 2.24. The third-order valence-electron chi connectivity index (χ3n) is 4.91. The maximum absolute atomic E-state index is 4.74. The molecule has 1 aliphatic heterocycles. The van der Waals surface area contributed by atoms with Crippen LogP contribution in [-0.4, -0.2) is 37.1 Å². The van der Waals surface area contributed by atoms with Gasteiger partial charge in [-0.15, -0.1) is 11.3 Å². The fraction of sp³-hybridized carbons (Fsp3) is 0.524. The molecule has 0 unspecified atom stereocenters. The highest BCUT2D eigenvalue weighted by Gasteiger charge is 2.21. The van der Waals surface area contributed by atoms with Crippen molar-refractivity contribution in [1.29, 1.82) is 0 Å². The molecule has 0 atom stereocenters. The molecule has 5 nitrogen and oxygen atoms in total. The lowest BCUT2D eigenvalue weighted by Gasteiger charge is -2.34. The van der Waals surface area contributed by atoms with Gasteiger partial charge in [0.25, 0.3) is 0 Å². The molecule has 0 spiro atoms. The number of para-hydroxylation sites is 1. The Balaban J connectivity index is 1.46. The number of hydrogen-bond acceptors (Lipinski definition) is 4. The first-order valence-electron chi connectivity index (χ1n) is 9.68. The van der Waals surface area contributed by atoms with Gasteiger partial charge in [0.15, 0.2) is 5.96 Å². The van der Waals surface area contributed by atoms with Crippen LogP contribution in [0.3, 0.4) is 0 Å². The third kappa shape index (κ3) is 5.45. The molecule has 2 heterocycles. The first kappa shape index (κ1) is 19.7. The van der Waals surface area contributed by atoms with E-state index in [0.29, 0.717) is 12.6 Å². The van der Waals surface area contributed by atoms with Crippen molar-refractivity contribution in [3.8, 4) is 0 Å². The van der Waals surface area contributed by atoms with E-state index < -0.39 is 0 Å². The minimum Gasteiger partial charge on any atom is -0.371 e. The molecule has 0 saturated carbocycles. The number of hydrogen-bond donors (Lipinski definition) is 2. The van der Waals surface area contributed by atoms with Crippen molar-refractivity contribution in [2.24, 2.45) is 4.99 Å². The number of aromatic nitrogens is 1. The summed E-state index contributed by atoms with van der Waals surface area (Å²) in [5, 5.41) is 10.2. The van der Waals surface area contributed by atoms with Crippen LogP contribution >= 0.6 is 11.3 Å². The van der Waals surface area contributed by atoms with E-state index in [1.165, 1.54) is 5.69 Å². The molecule has 2 aromatic rings. The lowest BCUT2D eigenvalue weighted by Crippen LogP contribution is -2.48. The van der Waals surface area contributed by atoms with E-state index in [0.717, 1.165) is 42.6 Å². The number of nitrogens with one attached hydrogen (secondary N) is 2. The molecule has 1 fully saturated rings. The molecular formula is C21H31N5S. The Morgan fingerprint density at radius 3 is 2.52 bits per heavy atom. The zero-order valence-corrected chi connectivity index (χ0v) is 17.6. The van der Waals surface area contributed by atoms with Crippen LogP contribution in [0.1, 0.15) is 44.3 Å². The van der Waals surface area contributed by atoms with Crippen molar-refractivity contribution in [3.05, 3.63) is 46.4 Å². The average Bonchev–Trinajstić information content (AvgIpc) is 3.16. The van der Waals surface area contributed by atoms with Crippen LogP contribution < -0.4 is 15.5 Å². The summed E-state index contributed by atoms with van der Waals surface area (Å²) < 4.78 is 0. The summed E-state index contributed by atoms with van der Waals surface area (Å²) in [7, 11) is 1.83. The number of rotatable bonds is 4. The maximum atomic E-state index is 4.74. The van der Waals surface area contributed by atoms with Gasteiger partial charge in [-0.2, -0.15) is 0 Å². The third-order valence-corrected chi connectivity index (χ3v) is 5.76. The van der Waals surface area contributed by atoms with Gasteiger partial charge in [-0.3, -0.25) is 4.99 Å². The van der Waals surface area contributed by atoms with Crippen LogP contribution in [0.25, 0.3) is 0 Å². The van der Waals surface area contributed by atoms with Crippen LogP contribution in [0.5, 0.6) is 0 Å². The van der Waals surface area contributed by atoms with Gasteiger partial charge in [0.1, 0.15) is 5.01 Å². The van der Waals surface area contributed by atoms with E-state index in [-0.39, 0.29) is 5.41 Å². The van der Waals surface area contributed by atoms with Crippen LogP contribution in [0, 0.1) is 0 Å². The molecule has 1 aliphatic rings. The summed E-state index contributed by atoms with van der Waals surface area (Å²) in [5.74, 6) is 0.862. The summed E-state index contributed by atoms with van der Waals surface area (Å²) >= 11 is 1.71. The monoisotopic (exact) mass is 385 g/mol. The Morgan fingerprint density at radius 2 is 1.93 bits per heavy atom. The van der Waals surface area contributed by atoms with Crippen LogP contribution in [0.2, 0.25) is 0 Å². The molecule has 2 N–H and O–H groups in total. The second kappa shape index (κ2) is 8.74. The zero-order chi connectivity index (χ0) is 19.3. The maximum Gasteiger partial charge on any atom is 0.191 e. The molecule has 27 heavy (non-hydrogen) atoms. The smallest absolute Gasteiger partial charge is 0.191 e. The largest absolute Gasteiger partial charge is 0.371 e. The lowest BCUT2D eigenvalue weighted by molar-refractivity contribution is 0.461. The number of thiazole rings is 1. The van der Waals surface area contributed by atoms with Gasteiger partial charge in [0, 0.05) is 42.7 Å². The number of guanidine groups is 1. The standard InChI is InChI=1S/C21H31N5S/c1-21(2,3)18-15-27-19(25-18)14-23-20(22-4)24-16-10-12-26(13-11-16)17-8-6-5-7-9-17/h5-9,15-16H,10-14H2,1-4H3,(H2,22,23,24). The van der Waals surface area contributed by atoms with Crippen LogP contribution in [0.4, 0.5) is 5.69 Å². The van der Waals surface area contributed by atoms with Crippen LogP contribution in [-0.2, 0) is 12.0 Å². The van der Waals surface area contributed by atoms with Gasteiger partial charge in [-0.1, -0.05) is 39.0 Å². The molecule has 1 saturated heterocycles. The van der Waals surface area contributed by atoms with Crippen molar-refractivity contribution in [2.45, 2.75) is 51.6 Å². The zero-order valence-electron chi connectivity index (χ0n) is 16.8. The predicted molar refractivity (Wildman–Crippen MR) is 116 cm³/mol. The number of nitrogens with zero attached hydrogens (tertiary/aromatic N) is 3. The minimum absolute atomic E-state index is 0.0986. The molecule has 0 aliphatic carbocycles. The highest BCUT2D eigenvalue weighted by atomic mass is 32.1. The minimum atomic E-state index is 0.0986. The topological polar surface area (TPSA) is 52.6 Å². The molecule has 1 aromatic heterocycles. The predicted octanol–water partition coefficient (Wildman–Crippen LogP) is 3.77. The molecule has 6 heteroatoms. The molecule has 3 rings (SSSR count). The van der Waals surface area contributed by atoms with Gasteiger partial charge in [-0.05, 0) is 25.0 Å². The van der Waals surface area contributed by atoms with E-state index in [1.54, 1.807) is 11.3 Å². The second-order valence-corrected chi connectivity index (χ2v) is 8.99. The van der Waals surface area contributed by atoms with Gasteiger partial charge in [0.2, 0.25) is 0 Å². The number of aliphatic imine (C=N–C) groups is 1. The van der Waals surface area contributed by atoms with Gasteiger partial charge < -0.3 is 15.5 Å². The van der Waals surface area contributed by atoms with Crippen molar-refractivity contribution in [2.75, 3.05) is 25.0 Å². The Labute approximate surface area is 166 Å². The van der Waals surface area contributed by atoms with E-state index in [2.05, 4.69) is 77.0 Å². The Bertz CT molecular complexity index is 739. The summed E-state index contributed by atoms with van der Waals surface area (Å²) in [6.07, 6.45) is 2.22. The van der Waals surface area contributed by atoms with Gasteiger partial charge >= 0.3 is 0 Å². The number of benzene rings is 1. The van der Waals surface area contributed by atoms with Crippen LogP contribution in [0.15, 0.2) is 40.7 Å². The van der Waals surface area contributed by atoms with E-state index in [1.807, 2.05) is 7.05 Å². The first-order chi connectivity index (χ1) is 13.0. The summed E-state index contributed by atoms with van der Waals surface area (Å²) in [4.78, 5) is 11.6.